The number of aromatic nitrogens is 1. The Kier molecular flexibility index (Phi) is 5.11. The lowest BCUT2D eigenvalue weighted by Crippen LogP contribution is -2.28. The van der Waals surface area contributed by atoms with Crippen LogP contribution < -0.4 is 15.2 Å². The molecule has 1 aromatic heterocycles. The van der Waals surface area contributed by atoms with Crippen LogP contribution in [-0.2, 0) is 0 Å². The van der Waals surface area contributed by atoms with E-state index in [2.05, 4.69) is 11.9 Å². The van der Waals surface area contributed by atoms with Crippen molar-refractivity contribution in [2.45, 2.75) is 58.7 Å². The van der Waals surface area contributed by atoms with Gasteiger partial charge in [0.2, 0.25) is 0 Å². The van der Waals surface area contributed by atoms with Gasteiger partial charge in [0.25, 0.3) is 5.91 Å². The quantitative estimate of drug-likeness (QED) is 0.888. The number of primary amides is 1. The van der Waals surface area contributed by atoms with E-state index >= 15 is 0 Å². The van der Waals surface area contributed by atoms with E-state index in [1.807, 2.05) is 26.0 Å². The zero-order valence-electron chi connectivity index (χ0n) is 15.1. The zero-order chi connectivity index (χ0) is 18.0. The number of carbonyl (C=O) groups is 1. The summed E-state index contributed by atoms with van der Waals surface area (Å²) in [4.78, 5) is 16.1. The Hall–Kier alpha value is -2.30. The molecule has 5 nitrogen and oxygen atoms in total. The van der Waals surface area contributed by atoms with E-state index < -0.39 is 5.91 Å². The highest BCUT2D eigenvalue weighted by Crippen LogP contribution is 2.34. The largest absolute Gasteiger partial charge is 0.490 e. The summed E-state index contributed by atoms with van der Waals surface area (Å²) in [5, 5.41) is 0.848. The molecule has 1 aliphatic carbocycles. The molecule has 25 heavy (non-hydrogen) atoms. The number of fused-ring (bicyclic) bond motifs is 1. The fourth-order valence-corrected chi connectivity index (χ4v) is 3.41. The summed E-state index contributed by atoms with van der Waals surface area (Å²) in [6, 6.07) is 5.39. The molecule has 0 unspecified atom stereocenters. The molecule has 0 radical (unpaired) electrons. The Morgan fingerprint density at radius 3 is 2.68 bits per heavy atom. The zero-order valence-corrected chi connectivity index (χ0v) is 15.1. The maximum atomic E-state index is 11.8. The topological polar surface area (TPSA) is 74.4 Å². The van der Waals surface area contributed by atoms with E-state index in [1.54, 1.807) is 12.3 Å². The van der Waals surface area contributed by atoms with Crippen LogP contribution in [0.5, 0.6) is 11.5 Å². The van der Waals surface area contributed by atoms with Gasteiger partial charge in [-0.05, 0) is 57.2 Å². The molecule has 0 aliphatic heterocycles. The first-order chi connectivity index (χ1) is 12.0. The maximum Gasteiger partial charge on any atom is 0.252 e. The number of carbonyl (C=O) groups excluding carboxylic acids is 1. The summed E-state index contributed by atoms with van der Waals surface area (Å²) >= 11 is 0. The van der Waals surface area contributed by atoms with Crippen LogP contribution in [0.4, 0.5) is 0 Å². The molecular formula is C20H26N2O3. The predicted octanol–water partition coefficient (Wildman–Crippen LogP) is 4.08. The van der Waals surface area contributed by atoms with Crippen molar-refractivity contribution in [3.63, 3.8) is 0 Å². The highest BCUT2D eigenvalue weighted by molar-refractivity contribution is 6.01. The van der Waals surface area contributed by atoms with Gasteiger partial charge in [-0.1, -0.05) is 13.3 Å². The number of rotatable bonds is 5. The van der Waals surface area contributed by atoms with Crippen LogP contribution in [0.15, 0.2) is 24.4 Å². The van der Waals surface area contributed by atoms with Crippen LogP contribution in [0.1, 0.15) is 56.8 Å². The minimum atomic E-state index is -0.522. The van der Waals surface area contributed by atoms with Gasteiger partial charge in [-0.2, -0.15) is 0 Å². The lowest BCUT2D eigenvalue weighted by Gasteiger charge is -2.29. The fourth-order valence-electron chi connectivity index (χ4n) is 3.41. The van der Waals surface area contributed by atoms with Crippen molar-refractivity contribution in [2.24, 2.45) is 11.7 Å². The summed E-state index contributed by atoms with van der Waals surface area (Å²) in [5.74, 6) is 1.28. The molecule has 0 bridgehead atoms. The van der Waals surface area contributed by atoms with Crippen LogP contribution in [0.2, 0.25) is 0 Å². The summed E-state index contributed by atoms with van der Waals surface area (Å²) in [6.07, 6.45) is 6.59. The van der Waals surface area contributed by atoms with Crippen molar-refractivity contribution in [3.05, 3.63) is 30.0 Å². The average Bonchev–Trinajstić information content (AvgIpc) is 2.56. The number of nitrogens with two attached hydrogens (primary N) is 1. The minimum absolute atomic E-state index is 0.0602. The Bertz CT molecular complexity index is 773. The molecule has 1 aliphatic rings. The molecule has 1 saturated carbocycles. The minimum Gasteiger partial charge on any atom is -0.490 e. The number of pyridine rings is 1. The van der Waals surface area contributed by atoms with Crippen LogP contribution in [0.3, 0.4) is 0 Å². The molecule has 1 heterocycles. The molecule has 134 valence electrons. The summed E-state index contributed by atoms with van der Waals surface area (Å²) in [6.45, 7) is 6.07. The van der Waals surface area contributed by atoms with Crippen LogP contribution in [0.25, 0.3) is 10.9 Å². The third-order valence-electron chi connectivity index (χ3n) is 4.74. The van der Waals surface area contributed by atoms with E-state index in [9.17, 15) is 4.79 Å². The highest BCUT2D eigenvalue weighted by Gasteiger charge is 2.24. The summed E-state index contributed by atoms with van der Waals surface area (Å²) in [7, 11) is 0. The van der Waals surface area contributed by atoms with Gasteiger partial charge in [-0.15, -0.1) is 0 Å². The predicted molar refractivity (Wildman–Crippen MR) is 98.1 cm³/mol. The van der Waals surface area contributed by atoms with Gasteiger partial charge in [0.05, 0.1) is 17.2 Å². The third-order valence-corrected chi connectivity index (χ3v) is 4.74. The fraction of sp³-hybridized carbons (Fsp3) is 0.500. The van der Waals surface area contributed by atoms with Crippen molar-refractivity contribution in [2.75, 3.05) is 0 Å². The molecule has 1 aromatic carbocycles. The van der Waals surface area contributed by atoms with Gasteiger partial charge in [-0.3, -0.25) is 9.78 Å². The molecule has 5 heteroatoms. The molecule has 0 saturated heterocycles. The van der Waals surface area contributed by atoms with Crippen molar-refractivity contribution in [1.29, 1.82) is 0 Å². The number of nitrogens with zero attached hydrogens (tertiary/aromatic N) is 1. The van der Waals surface area contributed by atoms with Gasteiger partial charge in [0.15, 0.2) is 0 Å². The molecular weight excluding hydrogens is 316 g/mol. The second-order valence-corrected chi connectivity index (χ2v) is 7.12. The van der Waals surface area contributed by atoms with Crippen molar-refractivity contribution < 1.29 is 14.3 Å². The Morgan fingerprint density at radius 2 is 2.00 bits per heavy atom. The first kappa shape index (κ1) is 17.5. The molecule has 3 rings (SSSR count). The highest BCUT2D eigenvalue weighted by atomic mass is 16.5. The Balaban J connectivity index is 2.02. The average molecular weight is 342 g/mol. The number of ether oxygens (including phenoxy) is 2. The molecule has 0 spiro atoms. The number of hydrogen-bond acceptors (Lipinski definition) is 4. The second-order valence-electron chi connectivity index (χ2n) is 7.12. The van der Waals surface area contributed by atoms with E-state index in [4.69, 9.17) is 15.2 Å². The number of hydrogen-bond donors (Lipinski definition) is 1. The molecule has 2 aromatic rings. The van der Waals surface area contributed by atoms with E-state index in [-0.39, 0.29) is 12.2 Å². The normalized spacial score (nSPS) is 20.6. The number of amides is 1. The van der Waals surface area contributed by atoms with Gasteiger partial charge < -0.3 is 15.2 Å². The van der Waals surface area contributed by atoms with Gasteiger partial charge in [0.1, 0.15) is 17.6 Å². The van der Waals surface area contributed by atoms with Gasteiger partial charge in [0, 0.05) is 11.6 Å². The van der Waals surface area contributed by atoms with E-state index in [1.165, 1.54) is 19.3 Å². The smallest absolute Gasteiger partial charge is 0.252 e. The van der Waals surface area contributed by atoms with Crippen LogP contribution >= 0.6 is 0 Å². The van der Waals surface area contributed by atoms with Crippen LogP contribution in [-0.4, -0.2) is 23.1 Å². The SMILES string of the molecule is CC(C)Oc1cc2c(O[C@H]3CCCC[C@@H]3C)ccnc2cc1C(N)=O. The van der Waals surface area contributed by atoms with E-state index in [0.717, 1.165) is 17.6 Å². The van der Waals surface area contributed by atoms with Crippen LogP contribution in [0, 0.1) is 5.92 Å². The molecule has 2 atom stereocenters. The molecule has 1 amide bonds. The second kappa shape index (κ2) is 7.30. The lowest BCUT2D eigenvalue weighted by atomic mass is 9.88. The standard InChI is InChI=1S/C20H26N2O3/c1-12(2)24-19-11-14-16(10-15(19)20(21)23)22-9-8-18(14)25-17-7-5-4-6-13(17)3/h8-13,17H,4-7H2,1-3H3,(H2,21,23)/t13-,17-/m0/s1. The Labute approximate surface area is 148 Å². The van der Waals surface area contributed by atoms with Crippen molar-refractivity contribution in [3.8, 4) is 11.5 Å². The van der Waals surface area contributed by atoms with Crippen molar-refractivity contribution in [1.82, 2.24) is 4.98 Å². The maximum absolute atomic E-state index is 11.8. The first-order valence-corrected chi connectivity index (χ1v) is 9.01. The van der Waals surface area contributed by atoms with Crippen molar-refractivity contribution >= 4 is 16.8 Å². The summed E-state index contributed by atoms with van der Waals surface area (Å²) < 4.78 is 12.1. The molecule has 1 fully saturated rings. The third kappa shape index (κ3) is 3.86. The molecule has 2 N–H and O–H groups in total. The first-order valence-electron chi connectivity index (χ1n) is 9.01. The van der Waals surface area contributed by atoms with E-state index in [0.29, 0.717) is 22.7 Å². The lowest BCUT2D eigenvalue weighted by molar-refractivity contribution is 0.0994. The number of benzene rings is 1. The monoisotopic (exact) mass is 342 g/mol. The van der Waals surface area contributed by atoms with Gasteiger partial charge in [-0.25, -0.2) is 0 Å². The van der Waals surface area contributed by atoms with Gasteiger partial charge >= 0.3 is 0 Å². The summed E-state index contributed by atoms with van der Waals surface area (Å²) in [5.41, 5.74) is 6.54. The Morgan fingerprint density at radius 1 is 1.24 bits per heavy atom.